The predicted octanol–water partition coefficient (Wildman–Crippen LogP) is 1.99. The Kier molecular flexibility index (Phi) is 11.1. The Morgan fingerprint density at radius 3 is 2.36 bits per heavy atom. The highest BCUT2D eigenvalue weighted by molar-refractivity contribution is 5.94. The van der Waals surface area contributed by atoms with Crippen LogP contribution in [0.2, 0.25) is 0 Å². The molecule has 1 rings (SSSR count). The minimum absolute atomic E-state index is 0. The monoisotopic (exact) mass is 327 g/mol. The standard InChI is InChI=1S/C16H25N3O2.ClH/c1-2-3-11-18-16(21)14-8-6-13(7-9-14)12-19-15(20)5-4-10-17;/h6-9H,2-5,10-12,17H2,1H3,(H,18,21)(H,19,20);1H. The average Bonchev–Trinajstić information content (AvgIpc) is 2.51. The van der Waals surface area contributed by atoms with Crippen molar-refractivity contribution in [1.29, 1.82) is 0 Å². The van der Waals surface area contributed by atoms with Gasteiger partial charge in [0.15, 0.2) is 0 Å². The number of unbranched alkanes of at least 4 members (excludes halogenated alkanes) is 1. The molecule has 1 aromatic rings. The molecule has 0 aliphatic heterocycles. The summed E-state index contributed by atoms with van der Waals surface area (Å²) in [6.07, 6.45) is 3.19. The summed E-state index contributed by atoms with van der Waals surface area (Å²) in [5.74, 6) is -0.0520. The van der Waals surface area contributed by atoms with Crippen LogP contribution < -0.4 is 16.4 Å². The molecule has 0 atom stereocenters. The molecule has 0 heterocycles. The average molecular weight is 328 g/mol. The largest absolute Gasteiger partial charge is 0.352 e. The topological polar surface area (TPSA) is 84.2 Å². The third-order valence-electron chi connectivity index (χ3n) is 3.13. The second-order valence-corrected chi connectivity index (χ2v) is 4.98. The molecular formula is C16H26ClN3O2. The molecule has 22 heavy (non-hydrogen) atoms. The molecule has 0 bridgehead atoms. The normalized spacial score (nSPS) is 9.73. The number of halogens is 1. The van der Waals surface area contributed by atoms with E-state index in [1.54, 1.807) is 12.1 Å². The highest BCUT2D eigenvalue weighted by Crippen LogP contribution is 2.04. The van der Waals surface area contributed by atoms with Gasteiger partial charge in [0, 0.05) is 25.1 Å². The maximum atomic E-state index is 11.8. The van der Waals surface area contributed by atoms with Crippen molar-refractivity contribution in [1.82, 2.24) is 10.6 Å². The Morgan fingerprint density at radius 2 is 1.77 bits per heavy atom. The molecule has 0 aliphatic carbocycles. The van der Waals surface area contributed by atoms with Crippen LogP contribution in [-0.2, 0) is 11.3 Å². The van der Waals surface area contributed by atoms with E-state index >= 15 is 0 Å². The summed E-state index contributed by atoms with van der Waals surface area (Å²) in [5.41, 5.74) is 6.97. The van der Waals surface area contributed by atoms with Crippen LogP contribution in [0.5, 0.6) is 0 Å². The number of amides is 2. The zero-order chi connectivity index (χ0) is 15.5. The van der Waals surface area contributed by atoms with Crippen molar-refractivity contribution in [3.8, 4) is 0 Å². The number of carbonyl (C=O) groups excluding carboxylic acids is 2. The van der Waals surface area contributed by atoms with Gasteiger partial charge in [-0.2, -0.15) is 0 Å². The highest BCUT2D eigenvalue weighted by atomic mass is 35.5. The van der Waals surface area contributed by atoms with E-state index < -0.39 is 0 Å². The van der Waals surface area contributed by atoms with Crippen LogP contribution in [0.1, 0.15) is 48.5 Å². The lowest BCUT2D eigenvalue weighted by Gasteiger charge is -2.07. The summed E-state index contributed by atoms with van der Waals surface area (Å²) in [6, 6.07) is 7.28. The molecule has 0 saturated carbocycles. The van der Waals surface area contributed by atoms with Crippen LogP contribution in [0.4, 0.5) is 0 Å². The van der Waals surface area contributed by atoms with Gasteiger partial charge >= 0.3 is 0 Å². The second kappa shape index (κ2) is 12.0. The first-order valence-electron chi connectivity index (χ1n) is 7.51. The lowest BCUT2D eigenvalue weighted by molar-refractivity contribution is -0.121. The Balaban J connectivity index is 0.00000441. The third kappa shape index (κ3) is 8.00. The molecule has 1 aromatic carbocycles. The van der Waals surface area contributed by atoms with E-state index in [0.717, 1.165) is 18.4 Å². The van der Waals surface area contributed by atoms with Crippen molar-refractivity contribution in [2.24, 2.45) is 5.73 Å². The van der Waals surface area contributed by atoms with E-state index in [2.05, 4.69) is 17.6 Å². The summed E-state index contributed by atoms with van der Waals surface area (Å²) in [6.45, 7) is 3.79. The molecule has 2 amide bonds. The van der Waals surface area contributed by atoms with Gasteiger partial charge in [0.2, 0.25) is 5.91 Å². The van der Waals surface area contributed by atoms with Gasteiger partial charge in [-0.05, 0) is 37.1 Å². The summed E-state index contributed by atoms with van der Waals surface area (Å²) >= 11 is 0. The molecule has 0 spiro atoms. The number of carbonyl (C=O) groups is 2. The summed E-state index contributed by atoms with van der Waals surface area (Å²) in [5, 5.41) is 5.70. The summed E-state index contributed by atoms with van der Waals surface area (Å²) in [4.78, 5) is 23.3. The minimum Gasteiger partial charge on any atom is -0.352 e. The Morgan fingerprint density at radius 1 is 1.09 bits per heavy atom. The van der Waals surface area contributed by atoms with Gasteiger partial charge < -0.3 is 16.4 Å². The van der Waals surface area contributed by atoms with Crippen molar-refractivity contribution >= 4 is 24.2 Å². The van der Waals surface area contributed by atoms with Crippen LogP contribution in [0.15, 0.2) is 24.3 Å². The zero-order valence-electron chi connectivity index (χ0n) is 13.1. The maximum Gasteiger partial charge on any atom is 0.251 e. The van der Waals surface area contributed by atoms with Crippen molar-refractivity contribution in [2.45, 2.75) is 39.2 Å². The van der Waals surface area contributed by atoms with Crippen molar-refractivity contribution in [3.63, 3.8) is 0 Å². The van der Waals surface area contributed by atoms with Crippen LogP contribution in [0.3, 0.4) is 0 Å². The van der Waals surface area contributed by atoms with Gasteiger partial charge in [-0.1, -0.05) is 25.5 Å². The van der Waals surface area contributed by atoms with E-state index in [-0.39, 0.29) is 24.2 Å². The highest BCUT2D eigenvalue weighted by Gasteiger charge is 2.05. The van der Waals surface area contributed by atoms with E-state index in [4.69, 9.17) is 5.73 Å². The fourth-order valence-corrected chi connectivity index (χ4v) is 1.81. The quantitative estimate of drug-likeness (QED) is 0.606. The molecule has 5 nitrogen and oxygen atoms in total. The maximum absolute atomic E-state index is 11.8. The molecule has 4 N–H and O–H groups in total. The van der Waals surface area contributed by atoms with Gasteiger partial charge in [-0.25, -0.2) is 0 Å². The van der Waals surface area contributed by atoms with E-state index in [1.807, 2.05) is 12.1 Å². The fraction of sp³-hybridized carbons (Fsp3) is 0.500. The second-order valence-electron chi connectivity index (χ2n) is 4.98. The van der Waals surface area contributed by atoms with Gasteiger partial charge in [0.05, 0.1) is 0 Å². The van der Waals surface area contributed by atoms with Crippen LogP contribution in [0.25, 0.3) is 0 Å². The molecular weight excluding hydrogens is 302 g/mol. The molecule has 0 fully saturated rings. The summed E-state index contributed by atoms with van der Waals surface area (Å²) in [7, 11) is 0. The van der Waals surface area contributed by atoms with Crippen molar-refractivity contribution in [3.05, 3.63) is 35.4 Å². The SMILES string of the molecule is CCCCNC(=O)c1ccc(CNC(=O)CCCN)cc1.Cl. The van der Waals surface area contributed by atoms with E-state index in [9.17, 15) is 9.59 Å². The lowest BCUT2D eigenvalue weighted by atomic mass is 10.1. The number of benzene rings is 1. The number of hydrogen-bond acceptors (Lipinski definition) is 3. The molecule has 0 aromatic heterocycles. The van der Waals surface area contributed by atoms with E-state index in [1.165, 1.54) is 0 Å². The zero-order valence-corrected chi connectivity index (χ0v) is 13.9. The Labute approximate surface area is 138 Å². The lowest BCUT2D eigenvalue weighted by Crippen LogP contribution is -2.25. The number of nitrogens with one attached hydrogen (secondary N) is 2. The molecule has 0 unspecified atom stereocenters. The Hall–Kier alpha value is -1.59. The van der Waals surface area contributed by atoms with Gasteiger partial charge in [-0.3, -0.25) is 9.59 Å². The predicted molar refractivity (Wildman–Crippen MR) is 91.1 cm³/mol. The molecule has 0 radical (unpaired) electrons. The fourth-order valence-electron chi connectivity index (χ4n) is 1.81. The smallest absolute Gasteiger partial charge is 0.251 e. The van der Waals surface area contributed by atoms with Crippen LogP contribution in [-0.4, -0.2) is 24.9 Å². The number of nitrogens with two attached hydrogens (primary N) is 1. The third-order valence-corrected chi connectivity index (χ3v) is 3.13. The first-order chi connectivity index (χ1) is 10.2. The van der Waals surface area contributed by atoms with Gasteiger partial charge in [0.25, 0.3) is 5.91 Å². The molecule has 6 heteroatoms. The number of rotatable bonds is 9. The first kappa shape index (κ1) is 20.4. The van der Waals surface area contributed by atoms with E-state index in [0.29, 0.717) is 38.0 Å². The van der Waals surface area contributed by atoms with Gasteiger partial charge in [-0.15, -0.1) is 12.4 Å². The Bertz CT molecular complexity index is 449. The summed E-state index contributed by atoms with van der Waals surface area (Å²) < 4.78 is 0. The molecule has 124 valence electrons. The van der Waals surface area contributed by atoms with Crippen molar-refractivity contribution in [2.75, 3.05) is 13.1 Å². The number of hydrogen-bond donors (Lipinski definition) is 3. The molecule has 0 aliphatic rings. The van der Waals surface area contributed by atoms with Crippen molar-refractivity contribution < 1.29 is 9.59 Å². The van der Waals surface area contributed by atoms with Crippen LogP contribution >= 0.6 is 12.4 Å². The van der Waals surface area contributed by atoms with Gasteiger partial charge in [0.1, 0.15) is 0 Å². The first-order valence-corrected chi connectivity index (χ1v) is 7.51. The van der Waals surface area contributed by atoms with Crippen LogP contribution in [0, 0.1) is 0 Å². The minimum atomic E-state index is -0.0537. The molecule has 0 saturated heterocycles.